The summed E-state index contributed by atoms with van der Waals surface area (Å²) in [7, 11) is 0. The van der Waals surface area contributed by atoms with E-state index in [1.165, 1.54) is 0 Å². The number of carbonyl (C=O) groups is 1. The number of allylic oxidation sites excluding steroid dienone is 3. The second-order valence-corrected chi connectivity index (χ2v) is 5.35. The number of amides is 1. The molecule has 0 atom stereocenters. The highest BCUT2D eigenvalue weighted by Gasteiger charge is 2.18. The lowest BCUT2D eigenvalue weighted by Gasteiger charge is -2.37. The van der Waals surface area contributed by atoms with Crippen LogP contribution in [-0.2, 0) is 4.79 Å². The Hall–Kier alpha value is -2.40. The van der Waals surface area contributed by atoms with Crippen LogP contribution in [0, 0.1) is 0 Å². The van der Waals surface area contributed by atoms with E-state index in [0.717, 1.165) is 44.8 Å². The fraction of sp³-hybridized carbons (Fsp3) is 0.333. The molecule has 122 valence electrons. The summed E-state index contributed by atoms with van der Waals surface area (Å²) < 4.78 is 0. The average Bonchev–Trinajstić information content (AvgIpc) is 2.62. The molecule has 0 aliphatic carbocycles. The van der Waals surface area contributed by atoms with E-state index in [-0.39, 0.29) is 0 Å². The molecule has 1 aliphatic rings. The predicted molar refractivity (Wildman–Crippen MR) is 94.1 cm³/mol. The van der Waals surface area contributed by atoms with Gasteiger partial charge in [-0.15, -0.1) is 0 Å². The van der Waals surface area contributed by atoms with E-state index < -0.39 is 0 Å². The molecule has 0 saturated carbocycles. The summed E-state index contributed by atoms with van der Waals surface area (Å²) in [6.45, 7) is 12.9. The van der Waals surface area contributed by atoms with Crippen molar-refractivity contribution >= 4 is 12.2 Å². The molecule has 1 saturated heterocycles. The number of hydrogen-bond donors (Lipinski definition) is 0. The summed E-state index contributed by atoms with van der Waals surface area (Å²) in [6.07, 6.45) is 8.19. The standard InChI is InChI=1S/C18H24N4O/c1-3-7-17(4-2)21-13-10-20(11-14-21)12-15-22(16-23)18-8-5-6-9-19-18/h3-9,16H,1-2,10-15H2/b17-7+. The zero-order chi connectivity index (χ0) is 16.5. The van der Waals surface area contributed by atoms with Crippen molar-refractivity contribution in [2.24, 2.45) is 0 Å². The van der Waals surface area contributed by atoms with Gasteiger partial charge in [0.05, 0.1) is 0 Å². The zero-order valence-corrected chi connectivity index (χ0v) is 13.5. The minimum absolute atomic E-state index is 0.650. The number of rotatable bonds is 8. The van der Waals surface area contributed by atoms with Crippen molar-refractivity contribution in [3.8, 4) is 0 Å². The van der Waals surface area contributed by atoms with Gasteiger partial charge in [-0.2, -0.15) is 0 Å². The van der Waals surface area contributed by atoms with Crippen LogP contribution in [0.5, 0.6) is 0 Å². The Bertz CT molecular complexity index is 547. The summed E-state index contributed by atoms with van der Waals surface area (Å²) >= 11 is 0. The van der Waals surface area contributed by atoms with Crippen LogP contribution in [0.15, 0.2) is 61.5 Å². The molecule has 0 unspecified atom stereocenters. The van der Waals surface area contributed by atoms with Crippen LogP contribution in [0.2, 0.25) is 0 Å². The van der Waals surface area contributed by atoms with Gasteiger partial charge in [-0.25, -0.2) is 4.98 Å². The molecule has 1 amide bonds. The lowest BCUT2D eigenvalue weighted by atomic mass is 10.2. The molecule has 5 nitrogen and oxygen atoms in total. The maximum Gasteiger partial charge on any atom is 0.215 e. The Morgan fingerprint density at radius 1 is 1.26 bits per heavy atom. The number of anilines is 1. The Labute approximate surface area is 138 Å². The van der Waals surface area contributed by atoms with Crippen molar-refractivity contribution in [2.75, 3.05) is 44.2 Å². The highest BCUT2D eigenvalue weighted by molar-refractivity contribution is 5.72. The van der Waals surface area contributed by atoms with E-state index in [9.17, 15) is 4.79 Å². The van der Waals surface area contributed by atoms with Crippen LogP contribution in [-0.4, -0.2) is 60.5 Å². The molecule has 1 aliphatic heterocycles. The largest absolute Gasteiger partial charge is 0.369 e. The Balaban J connectivity index is 1.82. The van der Waals surface area contributed by atoms with Gasteiger partial charge in [-0.1, -0.05) is 25.3 Å². The van der Waals surface area contributed by atoms with Crippen LogP contribution >= 0.6 is 0 Å². The van der Waals surface area contributed by atoms with Gasteiger partial charge in [0.15, 0.2) is 0 Å². The quantitative estimate of drug-likeness (QED) is 0.543. The molecule has 2 heterocycles. The van der Waals surface area contributed by atoms with Gasteiger partial charge >= 0.3 is 0 Å². The predicted octanol–water partition coefficient (Wildman–Crippen LogP) is 1.92. The first kappa shape index (κ1) is 17.0. The molecule has 1 aromatic rings. The van der Waals surface area contributed by atoms with Crippen molar-refractivity contribution in [2.45, 2.75) is 0 Å². The molecule has 0 N–H and O–H groups in total. The van der Waals surface area contributed by atoms with E-state index >= 15 is 0 Å². The first-order valence-electron chi connectivity index (χ1n) is 7.84. The molecule has 0 aromatic carbocycles. The van der Waals surface area contributed by atoms with Crippen LogP contribution in [0.4, 0.5) is 5.82 Å². The molecule has 1 fully saturated rings. The van der Waals surface area contributed by atoms with E-state index in [4.69, 9.17) is 0 Å². The molecule has 0 spiro atoms. The number of hydrogen-bond acceptors (Lipinski definition) is 4. The lowest BCUT2D eigenvalue weighted by molar-refractivity contribution is -0.107. The molecule has 0 bridgehead atoms. The minimum Gasteiger partial charge on any atom is -0.369 e. The van der Waals surface area contributed by atoms with Crippen molar-refractivity contribution in [1.82, 2.24) is 14.8 Å². The van der Waals surface area contributed by atoms with Gasteiger partial charge in [-0.3, -0.25) is 14.6 Å². The maximum absolute atomic E-state index is 11.3. The van der Waals surface area contributed by atoms with Crippen molar-refractivity contribution in [1.29, 1.82) is 0 Å². The third kappa shape index (κ3) is 4.79. The van der Waals surface area contributed by atoms with Crippen LogP contribution in [0.1, 0.15) is 0 Å². The highest BCUT2D eigenvalue weighted by atomic mass is 16.1. The van der Waals surface area contributed by atoms with Crippen molar-refractivity contribution in [3.05, 3.63) is 61.5 Å². The zero-order valence-electron chi connectivity index (χ0n) is 13.5. The van der Waals surface area contributed by atoms with Gasteiger partial charge in [-0.05, 0) is 24.3 Å². The smallest absolute Gasteiger partial charge is 0.215 e. The van der Waals surface area contributed by atoms with Gasteiger partial charge in [0.25, 0.3) is 0 Å². The Morgan fingerprint density at radius 2 is 2.04 bits per heavy atom. The Kier molecular flexibility index (Phi) is 6.56. The molecule has 0 radical (unpaired) electrons. The molecule has 23 heavy (non-hydrogen) atoms. The summed E-state index contributed by atoms with van der Waals surface area (Å²) in [5, 5.41) is 0. The Morgan fingerprint density at radius 3 is 2.61 bits per heavy atom. The third-order valence-electron chi connectivity index (χ3n) is 3.96. The number of pyridine rings is 1. The normalized spacial score (nSPS) is 16.0. The van der Waals surface area contributed by atoms with E-state index in [0.29, 0.717) is 12.4 Å². The first-order valence-corrected chi connectivity index (χ1v) is 7.84. The summed E-state index contributed by atoms with van der Waals surface area (Å²) in [5.74, 6) is 0.698. The molecular weight excluding hydrogens is 288 g/mol. The fourth-order valence-electron chi connectivity index (χ4n) is 2.65. The van der Waals surface area contributed by atoms with Crippen LogP contribution in [0.3, 0.4) is 0 Å². The highest BCUT2D eigenvalue weighted by Crippen LogP contribution is 2.12. The third-order valence-corrected chi connectivity index (χ3v) is 3.96. The second kappa shape index (κ2) is 8.90. The lowest BCUT2D eigenvalue weighted by Crippen LogP contribution is -2.47. The summed E-state index contributed by atoms with van der Waals surface area (Å²) in [4.78, 5) is 21.8. The van der Waals surface area contributed by atoms with E-state index in [1.54, 1.807) is 17.2 Å². The van der Waals surface area contributed by atoms with E-state index in [1.807, 2.05) is 30.4 Å². The number of aromatic nitrogens is 1. The molecule has 1 aromatic heterocycles. The van der Waals surface area contributed by atoms with Gasteiger partial charge in [0.2, 0.25) is 6.41 Å². The molecule has 2 rings (SSSR count). The monoisotopic (exact) mass is 312 g/mol. The topological polar surface area (TPSA) is 39.7 Å². The van der Waals surface area contributed by atoms with Crippen molar-refractivity contribution in [3.63, 3.8) is 0 Å². The van der Waals surface area contributed by atoms with Gasteiger partial charge in [0.1, 0.15) is 5.82 Å². The fourth-order valence-corrected chi connectivity index (χ4v) is 2.65. The summed E-state index contributed by atoms with van der Waals surface area (Å²) in [5.41, 5.74) is 1.11. The first-order chi connectivity index (χ1) is 11.3. The number of nitrogens with zero attached hydrogens (tertiary/aromatic N) is 4. The number of piperazine rings is 1. The SMILES string of the molecule is C=C/C=C(\C=C)N1CCN(CCN(C=O)c2ccccn2)CC1. The second-order valence-electron chi connectivity index (χ2n) is 5.35. The minimum atomic E-state index is 0.650. The summed E-state index contributed by atoms with van der Waals surface area (Å²) in [6, 6.07) is 5.59. The van der Waals surface area contributed by atoms with E-state index in [2.05, 4.69) is 27.9 Å². The molecule has 5 heteroatoms. The van der Waals surface area contributed by atoms with Crippen LogP contribution in [0.25, 0.3) is 0 Å². The number of carbonyl (C=O) groups excluding carboxylic acids is 1. The maximum atomic E-state index is 11.3. The molecular formula is C18H24N4O. The van der Waals surface area contributed by atoms with Gasteiger partial charge in [0, 0.05) is 51.2 Å². The average molecular weight is 312 g/mol. The van der Waals surface area contributed by atoms with Crippen molar-refractivity contribution < 1.29 is 4.79 Å². The van der Waals surface area contributed by atoms with Crippen LogP contribution < -0.4 is 4.90 Å². The van der Waals surface area contributed by atoms with Gasteiger partial charge < -0.3 is 4.90 Å².